The molecule has 19 heavy (non-hydrogen) atoms. The van der Waals surface area contributed by atoms with Crippen LogP contribution in [0.1, 0.15) is 23.6 Å². The second-order valence-corrected chi connectivity index (χ2v) is 4.52. The summed E-state index contributed by atoms with van der Waals surface area (Å²) in [5.41, 5.74) is -1.45. The van der Waals surface area contributed by atoms with Gasteiger partial charge in [0.2, 0.25) is 0 Å². The third kappa shape index (κ3) is 2.79. The van der Waals surface area contributed by atoms with Gasteiger partial charge < -0.3 is 5.11 Å². The van der Waals surface area contributed by atoms with E-state index in [0.29, 0.717) is 5.56 Å². The molecule has 0 saturated carbocycles. The van der Waals surface area contributed by atoms with Crippen LogP contribution in [-0.2, 0) is 11.8 Å². The molecule has 0 aliphatic heterocycles. The van der Waals surface area contributed by atoms with E-state index in [9.17, 15) is 18.3 Å². The predicted molar refractivity (Wildman–Crippen MR) is 66.6 cm³/mol. The van der Waals surface area contributed by atoms with Crippen LogP contribution in [0.4, 0.5) is 13.2 Å². The largest absolute Gasteiger partial charge is 0.416 e. The Kier molecular flexibility index (Phi) is 3.37. The molecule has 100 valence electrons. The van der Waals surface area contributed by atoms with Crippen molar-refractivity contribution in [1.82, 2.24) is 0 Å². The van der Waals surface area contributed by atoms with Crippen molar-refractivity contribution in [3.63, 3.8) is 0 Å². The van der Waals surface area contributed by atoms with Gasteiger partial charge in [0.05, 0.1) is 5.56 Å². The first-order chi connectivity index (χ1) is 8.82. The maximum absolute atomic E-state index is 12.7. The maximum atomic E-state index is 12.7. The van der Waals surface area contributed by atoms with Crippen LogP contribution in [0.5, 0.6) is 0 Å². The Hall–Kier alpha value is -1.81. The van der Waals surface area contributed by atoms with E-state index in [0.717, 1.165) is 12.1 Å². The van der Waals surface area contributed by atoms with E-state index < -0.39 is 17.3 Å². The van der Waals surface area contributed by atoms with Crippen LogP contribution < -0.4 is 0 Å². The van der Waals surface area contributed by atoms with Crippen molar-refractivity contribution in [1.29, 1.82) is 0 Å². The number of rotatable bonds is 2. The number of hydrogen-bond donors (Lipinski definition) is 1. The minimum absolute atomic E-state index is 0.216. The summed E-state index contributed by atoms with van der Waals surface area (Å²) in [6.45, 7) is 1.48. The van der Waals surface area contributed by atoms with Crippen LogP contribution in [0, 0.1) is 0 Å². The zero-order valence-corrected chi connectivity index (χ0v) is 10.3. The molecule has 0 radical (unpaired) electrons. The summed E-state index contributed by atoms with van der Waals surface area (Å²) >= 11 is 0. The molecule has 0 aromatic heterocycles. The lowest BCUT2D eigenvalue weighted by Gasteiger charge is -2.25. The predicted octanol–water partition coefficient (Wildman–Crippen LogP) is 3.96. The summed E-state index contributed by atoms with van der Waals surface area (Å²) in [5, 5.41) is 10.5. The van der Waals surface area contributed by atoms with Gasteiger partial charge in [-0.25, -0.2) is 0 Å². The highest BCUT2D eigenvalue weighted by atomic mass is 19.4. The number of halogens is 3. The molecule has 0 unspecified atom stereocenters. The molecule has 1 N–H and O–H groups in total. The molecule has 0 heterocycles. The molecular formula is C15H13F3O. The lowest BCUT2D eigenvalue weighted by molar-refractivity contribution is -0.137. The minimum atomic E-state index is -4.41. The smallest absolute Gasteiger partial charge is 0.381 e. The van der Waals surface area contributed by atoms with Crippen molar-refractivity contribution in [2.45, 2.75) is 18.7 Å². The van der Waals surface area contributed by atoms with Crippen molar-refractivity contribution in [2.75, 3.05) is 0 Å². The molecule has 4 heteroatoms. The summed E-state index contributed by atoms with van der Waals surface area (Å²) in [6.07, 6.45) is -4.41. The first-order valence-electron chi connectivity index (χ1n) is 5.77. The highest BCUT2D eigenvalue weighted by Gasteiger charge is 2.33. The van der Waals surface area contributed by atoms with Crippen LogP contribution in [0.25, 0.3) is 0 Å². The van der Waals surface area contributed by atoms with E-state index in [2.05, 4.69) is 0 Å². The first kappa shape index (κ1) is 13.6. The summed E-state index contributed by atoms with van der Waals surface area (Å²) in [6, 6.07) is 13.4. The lowest BCUT2D eigenvalue weighted by Crippen LogP contribution is -2.23. The normalized spacial score (nSPS) is 15.0. The summed E-state index contributed by atoms with van der Waals surface area (Å²) in [4.78, 5) is 0. The van der Waals surface area contributed by atoms with Gasteiger partial charge in [-0.2, -0.15) is 13.2 Å². The summed E-state index contributed by atoms with van der Waals surface area (Å²) in [7, 11) is 0. The van der Waals surface area contributed by atoms with Gasteiger partial charge in [0.15, 0.2) is 0 Å². The molecule has 0 spiro atoms. The topological polar surface area (TPSA) is 20.2 Å². The zero-order chi connectivity index (χ0) is 14.1. The van der Waals surface area contributed by atoms with Gasteiger partial charge in [0.1, 0.15) is 5.60 Å². The highest BCUT2D eigenvalue weighted by molar-refractivity contribution is 5.37. The Morgan fingerprint density at radius 2 is 1.32 bits per heavy atom. The van der Waals surface area contributed by atoms with E-state index in [-0.39, 0.29) is 5.56 Å². The second kappa shape index (κ2) is 4.70. The Morgan fingerprint density at radius 3 is 1.89 bits per heavy atom. The average molecular weight is 266 g/mol. The number of alkyl halides is 3. The quantitative estimate of drug-likeness (QED) is 0.872. The van der Waals surface area contributed by atoms with E-state index in [4.69, 9.17) is 0 Å². The second-order valence-electron chi connectivity index (χ2n) is 4.52. The van der Waals surface area contributed by atoms with Crippen LogP contribution in [0.3, 0.4) is 0 Å². The molecule has 0 bridgehead atoms. The fourth-order valence-corrected chi connectivity index (χ4v) is 1.93. The lowest BCUT2D eigenvalue weighted by atomic mass is 9.87. The van der Waals surface area contributed by atoms with Gasteiger partial charge in [0, 0.05) is 0 Å². The monoisotopic (exact) mass is 266 g/mol. The average Bonchev–Trinajstić information content (AvgIpc) is 2.39. The molecule has 1 atom stereocenters. The Labute approximate surface area is 109 Å². The van der Waals surface area contributed by atoms with Crippen LogP contribution >= 0.6 is 0 Å². The Balaban J connectivity index is 2.47. The number of hydrogen-bond acceptors (Lipinski definition) is 1. The zero-order valence-electron chi connectivity index (χ0n) is 10.3. The molecule has 0 aliphatic rings. The van der Waals surface area contributed by atoms with Crippen molar-refractivity contribution < 1.29 is 18.3 Å². The molecule has 0 fully saturated rings. The fraction of sp³-hybridized carbons (Fsp3) is 0.200. The Morgan fingerprint density at radius 1 is 0.789 bits per heavy atom. The maximum Gasteiger partial charge on any atom is 0.416 e. The highest BCUT2D eigenvalue weighted by Crippen LogP contribution is 2.34. The van der Waals surface area contributed by atoms with Gasteiger partial charge in [0.25, 0.3) is 0 Å². The molecule has 2 aromatic rings. The summed E-state index contributed by atoms with van der Waals surface area (Å²) < 4.78 is 38.0. The van der Waals surface area contributed by atoms with E-state index in [1.165, 1.54) is 19.1 Å². The van der Waals surface area contributed by atoms with E-state index >= 15 is 0 Å². The molecule has 0 saturated heterocycles. The van der Waals surface area contributed by atoms with Gasteiger partial charge in [-0.3, -0.25) is 0 Å². The van der Waals surface area contributed by atoms with Crippen LogP contribution in [-0.4, -0.2) is 5.11 Å². The number of benzene rings is 2. The van der Waals surface area contributed by atoms with Crippen LogP contribution in [0.2, 0.25) is 0 Å². The van der Waals surface area contributed by atoms with Crippen LogP contribution in [0.15, 0.2) is 54.6 Å². The SMILES string of the molecule is C[C@](O)(c1ccccc1)c1cccc(C(F)(F)F)c1. The molecule has 2 aromatic carbocycles. The Bertz CT molecular complexity index is 559. The molecule has 2 rings (SSSR count). The van der Waals surface area contributed by atoms with Gasteiger partial charge in [-0.1, -0.05) is 42.5 Å². The van der Waals surface area contributed by atoms with E-state index in [1.54, 1.807) is 30.3 Å². The van der Waals surface area contributed by atoms with Crippen molar-refractivity contribution in [3.05, 3.63) is 71.3 Å². The van der Waals surface area contributed by atoms with Crippen molar-refractivity contribution >= 4 is 0 Å². The minimum Gasteiger partial charge on any atom is -0.381 e. The molecule has 0 amide bonds. The van der Waals surface area contributed by atoms with Gasteiger partial charge >= 0.3 is 6.18 Å². The van der Waals surface area contributed by atoms with Crippen molar-refractivity contribution in [3.8, 4) is 0 Å². The van der Waals surface area contributed by atoms with Crippen molar-refractivity contribution in [2.24, 2.45) is 0 Å². The van der Waals surface area contributed by atoms with Gasteiger partial charge in [-0.05, 0) is 30.2 Å². The van der Waals surface area contributed by atoms with Gasteiger partial charge in [-0.15, -0.1) is 0 Å². The third-order valence-electron chi connectivity index (χ3n) is 3.09. The fourth-order valence-electron chi connectivity index (χ4n) is 1.93. The molecule has 0 aliphatic carbocycles. The first-order valence-corrected chi connectivity index (χ1v) is 5.77. The molecular weight excluding hydrogens is 253 g/mol. The third-order valence-corrected chi connectivity index (χ3v) is 3.09. The number of aliphatic hydroxyl groups is 1. The molecule has 1 nitrogen and oxygen atoms in total. The standard InChI is InChI=1S/C15H13F3O/c1-14(19,11-6-3-2-4-7-11)12-8-5-9-13(10-12)15(16,17)18/h2-10,19H,1H3/t14-/m0/s1. The van der Waals surface area contributed by atoms with E-state index in [1.807, 2.05) is 0 Å². The summed E-state index contributed by atoms with van der Waals surface area (Å²) in [5.74, 6) is 0.